The summed E-state index contributed by atoms with van der Waals surface area (Å²) in [6.07, 6.45) is 5.12. The lowest BCUT2D eigenvalue weighted by atomic mass is 9.93. The van der Waals surface area contributed by atoms with Crippen molar-refractivity contribution in [1.29, 1.82) is 5.26 Å². The van der Waals surface area contributed by atoms with Crippen molar-refractivity contribution in [3.8, 4) is 28.7 Å². The van der Waals surface area contributed by atoms with E-state index in [0.717, 1.165) is 64.2 Å². The van der Waals surface area contributed by atoms with Crippen molar-refractivity contribution in [2.45, 2.75) is 33.3 Å². The Bertz CT molecular complexity index is 2050. The maximum Gasteiger partial charge on any atom is 0.227 e. The van der Waals surface area contributed by atoms with Crippen LogP contribution in [-0.2, 0) is 0 Å². The molecule has 2 aromatic heterocycles. The lowest BCUT2D eigenvalue weighted by molar-refractivity contribution is 0.112. The summed E-state index contributed by atoms with van der Waals surface area (Å²) in [7, 11) is 0. The Labute approximate surface area is 267 Å². The number of aliphatic hydroxyl groups excluding tert-OH is 1. The molecule has 0 radical (unpaired) electrons. The Morgan fingerprint density at radius 2 is 1.93 bits per heavy atom. The summed E-state index contributed by atoms with van der Waals surface area (Å²) in [5, 5.41) is 23.0. The number of fused-ring (bicyclic) bond motifs is 1. The smallest absolute Gasteiger partial charge is 0.227 e. The van der Waals surface area contributed by atoms with Crippen LogP contribution in [-0.4, -0.2) is 58.7 Å². The van der Waals surface area contributed by atoms with E-state index in [9.17, 15) is 15.2 Å². The van der Waals surface area contributed by atoms with Crippen LogP contribution in [0.25, 0.3) is 39.8 Å². The van der Waals surface area contributed by atoms with E-state index < -0.39 is 0 Å². The number of aliphatic imine (C=N–C) groups is 1. The van der Waals surface area contributed by atoms with Crippen molar-refractivity contribution in [2.24, 2.45) is 4.99 Å². The first-order valence-corrected chi connectivity index (χ1v) is 15.1. The van der Waals surface area contributed by atoms with Crippen LogP contribution in [0.4, 0.5) is 17.2 Å². The third-order valence-corrected chi connectivity index (χ3v) is 8.45. The molecule has 2 N–H and O–H groups in total. The zero-order valence-electron chi connectivity index (χ0n) is 26.0. The maximum absolute atomic E-state index is 11.4. The Hall–Kier alpha value is -5.43. The van der Waals surface area contributed by atoms with Crippen molar-refractivity contribution in [1.82, 2.24) is 14.9 Å². The summed E-state index contributed by atoms with van der Waals surface area (Å²) < 4.78 is 6.08. The topological polar surface area (TPSA) is 128 Å². The second-order valence-electron chi connectivity index (χ2n) is 11.7. The van der Waals surface area contributed by atoms with Crippen LogP contribution in [0.2, 0.25) is 0 Å². The number of nitriles is 1. The van der Waals surface area contributed by atoms with Gasteiger partial charge in [-0.25, -0.2) is 9.97 Å². The summed E-state index contributed by atoms with van der Waals surface area (Å²) in [5.41, 5.74) is 9.88. The van der Waals surface area contributed by atoms with Crippen LogP contribution in [0.1, 0.15) is 46.0 Å². The van der Waals surface area contributed by atoms with Gasteiger partial charge in [0.25, 0.3) is 0 Å². The van der Waals surface area contributed by atoms with Gasteiger partial charge in [-0.2, -0.15) is 5.26 Å². The summed E-state index contributed by atoms with van der Waals surface area (Å²) >= 11 is 0. The van der Waals surface area contributed by atoms with Crippen LogP contribution in [0.15, 0.2) is 75.8 Å². The van der Waals surface area contributed by atoms with Crippen LogP contribution < -0.4 is 5.32 Å². The average molecular weight is 611 g/mol. The van der Waals surface area contributed by atoms with Gasteiger partial charge < -0.3 is 14.8 Å². The number of aliphatic hydroxyl groups is 1. The van der Waals surface area contributed by atoms with Gasteiger partial charge in [0.1, 0.15) is 23.6 Å². The summed E-state index contributed by atoms with van der Waals surface area (Å²) in [5.74, 6) is 0.987. The van der Waals surface area contributed by atoms with Gasteiger partial charge in [0.05, 0.1) is 11.7 Å². The number of aldehydes is 1. The van der Waals surface area contributed by atoms with Gasteiger partial charge in [0.2, 0.25) is 5.89 Å². The highest BCUT2D eigenvalue weighted by atomic mass is 16.3. The third kappa shape index (κ3) is 5.96. The zero-order valence-corrected chi connectivity index (χ0v) is 26.0. The number of rotatable bonds is 9. The minimum atomic E-state index is -0.252. The number of likely N-dealkylation sites (tertiary alicyclic amines) is 1. The van der Waals surface area contributed by atoms with Gasteiger partial charge >= 0.3 is 0 Å². The summed E-state index contributed by atoms with van der Waals surface area (Å²) in [4.78, 5) is 27.2. The largest absolute Gasteiger partial charge is 0.435 e. The second kappa shape index (κ2) is 12.9. The van der Waals surface area contributed by atoms with E-state index in [1.165, 1.54) is 6.07 Å². The molecule has 0 bridgehead atoms. The number of pyridine rings is 1. The molecule has 3 heterocycles. The highest BCUT2D eigenvalue weighted by Crippen LogP contribution is 2.38. The van der Waals surface area contributed by atoms with Crippen molar-refractivity contribution in [3.05, 3.63) is 94.2 Å². The molecule has 1 fully saturated rings. The maximum atomic E-state index is 11.4. The fourth-order valence-corrected chi connectivity index (χ4v) is 6.13. The highest BCUT2D eigenvalue weighted by molar-refractivity contribution is 5.90. The van der Waals surface area contributed by atoms with Gasteiger partial charge in [0.15, 0.2) is 11.4 Å². The molecule has 1 saturated heterocycles. The predicted octanol–water partition coefficient (Wildman–Crippen LogP) is 7.40. The van der Waals surface area contributed by atoms with Crippen LogP contribution in [0, 0.1) is 25.2 Å². The summed E-state index contributed by atoms with van der Waals surface area (Å²) in [6, 6.07) is 19.2. The van der Waals surface area contributed by atoms with Gasteiger partial charge in [-0.15, -0.1) is 0 Å². The molecule has 0 unspecified atom stereocenters. The van der Waals surface area contributed by atoms with Gasteiger partial charge in [-0.1, -0.05) is 35.9 Å². The van der Waals surface area contributed by atoms with Crippen molar-refractivity contribution in [3.63, 3.8) is 0 Å². The number of carbonyl (C=O) groups excluding carboxylic acids is 1. The second-order valence-corrected chi connectivity index (χ2v) is 11.7. The molecule has 6 rings (SSSR count). The van der Waals surface area contributed by atoms with Gasteiger partial charge in [0, 0.05) is 48.2 Å². The van der Waals surface area contributed by atoms with E-state index >= 15 is 0 Å². The molecule has 9 heteroatoms. The lowest BCUT2D eigenvalue weighted by Gasteiger charge is -2.17. The molecule has 0 spiro atoms. The first-order valence-electron chi connectivity index (χ1n) is 15.1. The normalized spacial score (nSPS) is 15.2. The van der Waals surface area contributed by atoms with E-state index in [4.69, 9.17) is 4.42 Å². The van der Waals surface area contributed by atoms with Crippen molar-refractivity contribution >= 4 is 47.4 Å². The molecular formula is C37H34N6O3. The fraction of sp³-hybridized carbons (Fsp3) is 0.216. The number of aromatic nitrogens is 2. The Morgan fingerprint density at radius 3 is 2.65 bits per heavy atom. The Morgan fingerprint density at radius 1 is 1.17 bits per heavy atom. The number of β-amino-alcohol motifs (C(OH)–C–C–N with tert-alkyl or cyclic N) is 1. The molecule has 230 valence electrons. The van der Waals surface area contributed by atoms with E-state index in [-0.39, 0.29) is 11.7 Å². The number of benzene rings is 3. The summed E-state index contributed by atoms with van der Waals surface area (Å²) in [6.45, 7) is 12.4. The molecule has 1 atom stereocenters. The number of oxazole rings is 1. The number of nitrogens with one attached hydrogen (secondary N) is 1. The average Bonchev–Trinajstić information content (AvgIpc) is 3.67. The van der Waals surface area contributed by atoms with Crippen LogP contribution in [0.5, 0.6) is 0 Å². The van der Waals surface area contributed by atoms with Crippen LogP contribution >= 0.6 is 0 Å². The van der Waals surface area contributed by atoms with E-state index in [2.05, 4.69) is 70.0 Å². The number of anilines is 2. The molecule has 9 nitrogen and oxygen atoms in total. The van der Waals surface area contributed by atoms with Gasteiger partial charge in [-0.05, 0) is 86.5 Å². The van der Waals surface area contributed by atoms with E-state index in [1.54, 1.807) is 12.3 Å². The van der Waals surface area contributed by atoms with Crippen LogP contribution in [0.3, 0.4) is 0 Å². The third-order valence-electron chi connectivity index (χ3n) is 8.45. The number of hydrogen-bond acceptors (Lipinski definition) is 9. The molecule has 46 heavy (non-hydrogen) atoms. The molecule has 1 aliphatic rings. The highest BCUT2D eigenvalue weighted by Gasteiger charge is 2.21. The van der Waals surface area contributed by atoms with E-state index in [0.29, 0.717) is 46.9 Å². The molecule has 0 saturated carbocycles. The van der Waals surface area contributed by atoms with Crippen molar-refractivity contribution < 1.29 is 14.3 Å². The quantitative estimate of drug-likeness (QED) is 0.131. The Balaban J connectivity index is 1.32. The SMILES string of the molecule is C=Nc1c(/C=C(\C)CN2CC[C@@H](O)C2)ccnc1Nc1cccc(-c2cccc(-c3nc4cc(C=O)cc(C#N)c4o3)c2C)c1C. The zero-order chi connectivity index (χ0) is 32.4. The molecular weight excluding hydrogens is 576 g/mol. The minimum absolute atomic E-state index is 0.252. The molecule has 0 aliphatic carbocycles. The minimum Gasteiger partial charge on any atom is -0.435 e. The predicted molar refractivity (Wildman–Crippen MR) is 182 cm³/mol. The fourth-order valence-electron chi connectivity index (χ4n) is 6.13. The molecule has 5 aromatic rings. The lowest BCUT2D eigenvalue weighted by Crippen LogP contribution is -2.23. The first kappa shape index (κ1) is 30.6. The van der Waals surface area contributed by atoms with E-state index in [1.807, 2.05) is 37.3 Å². The van der Waals surface area contributed by atoms with Gasteiger partial charge in [-0.3, -0.25) is 14.7 Å². The number of nitrogens with zero attached hydrogens (tertiary/aromatic N) is 5. The molecule has 0 amide bonds. The molecule has 3 aromatic carbocycles. The molecule has 1 aliphatic heterocycles. The monoisotopic (exact) mass is 610 g/mol. The first-order chi connectivity index (χ1) is 22.3. The number of carbonyl (C=O) groups is 1. The van der Waals surface area contributed by atoms with Crippen molar-refractivity contribution in [2.75, 3.05) is 25.0 Å². The number of hydrogen-bond donors (Lipinski definition) is 2. The standard InChI is InChI=1S/C37H34N6O3/c1-22(19-43-14-12-28(45)20-43)15-26-11-13-40-36(34(26)39-4)41-32-10-6-8-30(24(32)3)29-7-5-9-31(23(29)2)37-42-33-17-25(21-44)16-27(18-38)35(33)46-37/h5-11,13,15-17,21,28,45H,4,12,14,19-20H2,1-3H3,(H,40,41)/b22-15+/t28-/m1/s1. The Kier molecular flexibility index (Phi) is 8.57.